The van der Waals surface area contributed by atoms with Crippen LogP contribution in [0.4, 0.5) is 8.78 Å². The Hall–Kier alpha value is -2.64. The Bertz CT molecular complexity index is 1040. The lowest BCUT2D eigenvalue weighted by atomic mass is 9.83. The van der Waals surface area contributed by atoms with Crippen LogP contribution in [0.15, 0.2) is 48.5 Å². The number of benzene rings is 2. The molecule has 0 atom stereocenters. The van der Waals surface area contributed by atoms with E-state index in [9.17, 15) is 23.2 Å². The molecule has 2 aromatic carbocycles. The average Bonchev–Trinajstić information content (AvgIpc) is 2.90. The van der Waals surface area contributed by atoms with Crippen molar-refractivity contribution in [2.45, 2.75) is 76.7 Å². The number of esters is 1. The molecule has 8 heteroatoms. The van der Waals surface area contributed by atoms with Crippen LogP contribution in [-0.2, 0) is 9.53 Å². The van der Waals surface area contributed by atoms with Crippen molar-refractivity contribution >= 4 is 29.9 Å². The molecular formula is C30H38ClF2NO4. The maximum atomic E-state index is 13.5. The largest absolute Gasteiger partial charge is 0.451 e. The quantitative estimate of drug-likeness (QED) is 0.145. The van der Waals surface area contributed by atoms with E-state index in [0.717, 1.165) is 32.1 Å². The number of ketones is 2. The van der Waals surface area contributed by atoms with Crippen LogP contribution in [0.25, 0.3) is 0 Å². The SMILES string of the molecule is CCCCCCCC(=O)OC1(C(=O)c2ccc(F)cc2)CCN(CCCC(=O)c2ccc(F)cc2)CC1.Cl. The zero-order chi connectivity index (χ0) is 26.7. The summed E-state index contributed by atoms with van der Waals surface area (Å²) in [5.41, 5.74) is -0.445. The Kier molecular flexibility index (Phi) is 13.0. The van der Waals surface area contributed by atoms with Gasteiger partial charge in [-0.25, -0.2) is 8.78 Å². The van der Waals surface area contributed by atoms with Crippen molar-refractivity contribution in [2.24, 2.45) is 0 Å². The molecule has 0 bridgehead atoms. The van der Waals surface area contributed by atoms with E-state index in [1.807, 2.05) is 0 Å². The number of carbonyl (C=O) groups excluding carboxylic acids is 3. The van der Waals surface area contributed by atoms with E-state index in [0.29, 0.717) is 56.4 Å². The molecule has 0 unspecified atom stereocenters. The lowest BCUT2D eigenvalue weighted by Crippen LogP contribution is -2.52. The number of unbranched alkanes of at least 4 members (excludes halogenated alkanes) is 4. The minimum Gasteiger partial charge on any atom is -0.451 e. The van der Waals surface area contributed by atoms with E-state index in [4.69, 9.17) is 4.74 Å². The maximum Gasteiger partial charge on any atom is 0.306 e. The molecule has 38 heavy (non-hydrogen) atoms. The fourth-order valence-electron chi connectivity index (χ4n) is 4.76. The van der Waals surface area contributed by atoms with Gasteiger partial charge >= 0.3 is 5.97 Å². The first kappa shape index (κ1) is 31.6. The van der Waals surface area contributed by atoms with Crippen molar-refractivity contribution in [3.8, 4) is 0 Å². The highest BCUT2D eigenvalue weighted by Gasteiger charge is 2.45. The second kappa shape index (κ2) is 15.7. The molecule has 0 saturated carbocycles. The number of halogens is 3. The predicted octanol–water partition coefficient (Wildman–Crippen LogP) is 6.97. The van der Waals surface area contributed by atoms with Crippen LogP contribution in [0.2, 0.25) is 0 Å². The van der Waals surface area contributed by atoms with E-state index in [1.54, 1.807) is 0 Å². The van der Waals surface area contributed by atoms with Crippen LogP contribution in [0.3, 0.4) is 0 Å². The number of Topliss-reactive ketones (excluding diaryl/α,β-unsaturated/α-hetero) is 2. The molecule has 1 saturated heterocycles. The molecule has 208 valence electrons. The molecule has 1 fully saturated rings. The van der Waals surface area contributed by atoms with Crippen LogP contribution in [-0.4, -0.2) is 47.7 Å². The summed E-state index contributed by atoms with van der Waals surface area (Å²) in [6.45, 7) is 3.89. The molecule has 0 aromatic heterocycles. The van der Waals surface area contributed by atoms with Gasteiger partial charge in [-0.2, -0.15) is 0 Å². The van der Waals surface area contributed by atoms with Gasteiger partial charge in [-0.3, -0.25) is 14.4 Å². The predicted molar refractivity (Wildman–Crippen MR) is 146 cm³/mol. The zero-order valence-electron chi connectivity index (χ0n) is 22.1. The number of ether oxygens (including phenoxy) is 1. The summed E-state index contributed by atoms with van der Waals surface area (Å²) in [5.74, 6) is -1.51. The van der Waals surface area contributed by atoms with Crippen LogP contribution in [0, 0.1) is 11.6 Å². The van der Waals surface area contributed by atoms with Crippen LogP contribution >= 0.6 is 12.4 Å². The molecule has 0 radical (unpaired) electrons. The summed E-state index contributed by atoms with van der Waals surface area (Å²) >= 11 is 0. The first-order chi connectivity index (χ1) is 17.8. The Labute approximate surface area is 230 Å². The third-order valence-electron chi connectivity index (χ3n) is 7.02. The van der Waals surface area contributed by atoms with E-state index >= 15 is 0 Å². The number of hydrogen-bond acceptors (Lipinski definition) is 5. The molecular weight excluding hydrogens is 512 g/mol. The number of hydrogen-bond donors (Lipinski definition) is 0. The van der Waals surface area contributed by atoms with Crippen molar-refractivity contribution in [1.82, 2.24) is 4.90 Å². The summed E-state index contributed by atoms with van der Waals surface area (Å²) < 4.78 is 32.4. The summed E-state index contributed by atoms with van der Waals surface area (Å²) in [5, 5.41) is 0. The van der Waals surface area contributed by atoms with Crippen LogP contribution in [0.5, 0.6) is 0 Å². The molecule has 0 aliphatic carbocycles. The fraction of sp³-hybridized carbons (Fsp3) is 0.500. The van der Waals surface area contributed by atoms with Crippen molar-refractivity contribution in [3.63, 3.8) is 0 Å². The standard InChI is InChI=1S/C30H37F2NO4.ClH/c1-2-3-4-5-6-9-28(35)37-30(29(36)24-12-16-26(32)17-13-24)18-21-33(22-19-30)20-7-8-27(34)23-10-14-25(31)15-11-23;/h10-17H,2-9,18-22H2,1H3;1H. The normalized spacial score (nSPS) is 14.9. The van der Waals surface area contributed by atoms with E-state index < -0.39 is 11.4 Å². The topological polar surface area (TPSA) is 63.7 Å². The van der Waals surface area contributed by atoms with Gasteiger partial charge in [-0.15, -0.1) is 12.4 Å². The Morgan fingerprint density at radius 2 is 1.34 bits per heavy atom. The van der Waals surface area contributed by atoms with Gasteiger partial charge in [0.15, 0.2) is 11.4 Å². The van der Waals surface area contributed by atoms with Gasteiger partial charge in [0.05, 0.1) is 0 Å². The van der Waals surface area contributed by atoms with Gasteiger partial charge < -0.3 is 9.64 Å². The highest BCUT2D eigenvalue weighted by molar-refractivity contribution is 6.03. The molecule has 1 aliphatic heterocycles. The average molecular weight is 550 g/mol. The highest BCUT2D eigenvalue weighted by Crippen LogP contribution is 2.32. The van der Waals surface area contributed by atoms with E-state index in [2.05, 4.69) is 11.8 Å². The molecule has 1 heterocycles. The van der Waals surface area contributed by atoms with Crippen LogP contribution in [0.1, 0.15) is 91.8 Å². The maximum absolute atomic E-state index is 13.5. The monoisotopic (exact) mass is 549 g/mol. The van der Waals surface area contributed by atoms with Gasteiger partial charge in [0.2, 0.25) is 5.78 Å². The van der Waals surface area contributed by atoms with Gasteiger partial charge in [-0.1, -0.05) is 32.6 Å². The van der Waals surface area contributed by atoms with Crippen molar-refractivity contribution in [1.29, 1.82) is 0 Å². The van der Waals surface area contributed by atoms with Gasteiger partial charge in [-0.05, 0) is 67.9 Å². The van der Waals surface area contributed by atoms with Gasteiger partial charge in [0.25, 0.3) is 0 Å². The summed E-state index contributed by atoms with van der Waals surface area (Å²) in [6.07, 6.45) is 6.94. The lowest BCUT2D eigenvalue weighted by Gasteiger charge is -2.40. The molecule has 3 rings (SSSR count). The molecule has 0 amide bonds. The Balaban J connectivity index is 0.00000507. The number of rotatable bonds is 14. The van der Waals surface area contributed by atoms with Crippen molar-refractivity contribution < 1.29 is 27.9 Å². The molecule has 0 N–H and O–H groups in total. The van der Waals surface area contributed by atoms with Gasteiger partial charge in [0, 0.05) is 49.9 Å². The van der Waals surface area contributed by atoms with Crippen molar-refractivity contribution in [2.75, 3.05) is 19.6 Å². The van der Waals surface area contributed by atoms with Crippen LogP contribution < -0.4 is 0 Å². The fourth-order valence-corrected chi connectivity index (χ4v) is 4.76. The van der Waals surface area contributed by atoms with Crippen molar-refractivity contribution in [3.05, 3.63) is 71.3 Å². The minimum absolute atomic E-state index is 0. The first-order valence-corrected chi connectivity index (χ1v) is 13.4. The number of nitrogens with zero attached hydrogens (tertiary/aromatic N) is 1. The second-order valence-corrected chi connectivity index (χ2v) is 9.84. The highest BCUT2D eigenvalue weighted by atomic mass is 35.5. The number of likely N-dealkylation sites (tertiary alicyclic amines) is 1. The molecule has 0 spiro atoms. The minimum atomic E-state index is -1.27. The Morgan fingerprint density at radius 1 is 0.789 bits per heavy atom. The Morgan fingerprint density at radius 3 is 1.92 bits per heavy atom. The smallest absolute Gasteiger partial charge is 0.306 e. The van der Waals surface area contributed by atoms with E-state index in [1.165, 1.54) is 48.5 Å². The third kappa shape index (κ3) is 9.28. The number of carbonyl (C=O) groups is 3. The zero-order valence-corrected chi connectivity index (χ0v) is 22.9. The second-order valence-electron chi connectivity index (χ2n) is 9.84. The molecule has 2 aromatic rings. The summed E-state index contributed by atoms with van der Waals surface area (Å²) in [7, 11) is 0. The van der Waals surface area contributed by atoms with E-state index in [-0.39, 0.29) is 42.2 Å². The molecule has 5 nitrogen and oxygen atoms in total. The van der Waals surface area contributed by atoms with Gasteiger partial charge in [0.1, 0.15) is 11.6 Å². The first-order valence-electron chi connectivity index (χ1n) is 13.4. The third-order valence-corrected chi connectivity index (χ3v) is 7.02. The summed E-state index contributed by atoms with van der Waals surface area (Å²) in [4.78, 5) is 40.7. The molecule has 1 aliphatic rings. The summed E-state index contributed by atoms with van der Waals surface area (Å²) in [6, 6.07) is 10.9. The lowest BCUT2D eigenvalue weighted by molar-refractivity contribution is -0.159. The number of piperidine rings is 1.